The van der Waals surface area contributed by atoms with Gasteiger partial charge in [-0.15, -0.1) is 0 Å². The van der Waals surface area contributed by atoms with Crippen LogP contribution in [0.15, 0.2) is 64.8 Å². The van der Waals surface area contributed by atoms with E-state index in [0.29, 0.717) is 12.0 Å². The van der Waals surface area contributed by atoms with E-state index in [-0.39, 0.29) is 17.6 Å². The Morgan fingerprint density at radius 1 is 1.33 bits per heavy atom. The van der Waals surface area contributed by atoms with Crippen molar-refractivity contribution in [2.75, 3.05) is 6.66 Å². The van der Waals surface area contributed by atoms with Crippen LogP contribution in [0.4, 0.5) is 0 Å². The molecule has 6 atom stereocenters. The number of aromatic nitrogens is 2. The van der Waals surface area contributed by atoms with Gasteiger partial charge < -0.3 is 9.47 Å². The molecule has 1 fully saturated rings. The molecule has 1 aliphatic rings. The first-order valence-electron chi connectivity index (χ1n) is 9.67. The van der Waals surface area contributed by atoms with E-state index in [1.165, 1.54) is 27.2 Å². The second-order valence-corrected chi connectivity index (χ2v) is 11.1. The Bertz CT molecular complexity index is 1050. The van der Waals surface area contributed by atoms with Crippen LogP contribution in [0.2, 0.25) is 0 Å². The van der Waals surface area contributed by atoms with Gasteiger partial charge in [-0.3, -0.25) is 9.36 Å². The molecule has 1 aromatic heterocycles. The Hall–Kier alpha value is -2.07. The average Bonchev–Trinajstić information content (AvgIpc) is 3.00. The molecule has 0 spiro atoms. The van der Waals surface area contributed by atoms with Crippen molar-refractivity contribution in [1.29, 1.82) is 0 Å². The predicted molar refractivity (Wildman–Crippen MR) is 121 cm³/mol. The fraction of sp³-hybridized carbons (Fsp3) is 0.381. The number of rotatable bonds is 6. The van der Waals surface area contributed by atoms with E-state index in [0.717, 1.165) is 0 Å². The molecule has 2 aromatic rings. The number of esters is 1. The lowest BCUT2D eigenvalue weighted by Crippen LogP contribution is -2.48. The van der Waals surface area contributed by atoms with Gasteiger partial charge in [0.1, 0.15) is 0 Å². The van der Waals surface area contributed by atoms with Crippen molar-refractivity contribution in [2.45, 2.75) is 38.2 Å². The Kier molecular flexibility index (Phi) is 6.76. The first-order chi connectivity index (χ1) is 14.3. The van der Waals surface area contributed by atoms with Crippen LogP contribution < -0.4 is 11.2 Å². The summed E-state index contributed by atoms with van der Waals surface area (Å²) in [6.07, 6.45) is 2.39. The van der Waals surface area contributed by atoms with Gasteiger partial charge in [-0.05, 0) is 31.3 Å². The molecule has 0 aliphatic carbocycles. The van der Waals surface area contributed by atoms with Gasteiger partial charge in [0.15, 0.2) is 11.8 Å². The molecule has 160 valence electrons. The molecule has 0 amide bonds. The molecule has 2 unspecified atom stereocenters. The van der Waals surface area contributed by atoms with Gasteiger partial charge in [0.2, 0.25) is 0 Å². The lowest BCUT2D eigenvalue weighted by Gasteiger charge is -2.35. The topological polar surface area (TPSA) is 79.5 Å². The fourth-order valence-corrected chi connectivity index (χ4v) is 5.24. The number of carbonyl (C=O) groups is 1. The van der Waals surface area contributed by atoms with Gasteiger partial charge >= 0.3 is 11.7 Å². The van der Waals surface area contributed by atoms with Gasteiger partial charge in [0.05, 0.1) is 11.7 Å². The lowest BCUT2D eigenvalue weighted by atomic mass is 9.85. The van der Waals surface area contributed by atoms with Crippen molar-refractivity contribution >= 4 is 22.7 Å². The van der Waals surface area contributed by atoms with E-state index >= 15 is 0 Å². The molecular weight excluding hydrogens is 422 g/mol. The third-order valence-corrected chi connectivity index (χ3v) is 7.21. The zero-order chi connectivity index (χ0) is 22.1. The number of carbonyl (C=O) groups excluding carboxylic acids is 1. The van der Waals surface area contributed by atoms with Crippen LogP contribution in [0, 0.1) is 5.92 Å². The average molecular weight is 448 g/mol. The standard InChI is InChI=1S/C21H26N2O5P2/c1-5-16-14(3)21(6-2,28-18(25)15-10-8-7-9-11-15)19(27-16)22-13-12-17(24)23(20(22)26)30(4)29/h6-14,16,19H,2,5,29H2,1,3-4H3/t14-,16-,19-,21-,30?/m1/s1. The fourth-order valence-electron chi connectivity index (χ4n) is 3.85. The van der Waals surface area contributed by atoms with E-state index in [1.54, 1.807) is 30.9 Å². The first-order valence-corrected chi connectivity index (χ1v) is 13.0. The zero-order valence-corrected chi connectivity index (χ0v) is 19.3. The van der Waals surface area contributed by atoms with Gasteiger partial charge in [-0.25, -0.2) is 13.9 Å². The van der Waals surface area contributed by atoms with E-state index in [1.807, 2.05) is 19.9 Å². The van der Waals surface area contributed by atoms with Crippen LogP contribution in [-0.2, 0) is 9.47 Å². The number of nitrogens with zero attached hydrogens (tertiary/aromatic N) is 2. The van der Waals surface area contributed by atoms with E-state index in [2.05, 4.69) is 15.5 Å². The molecule has 9 heteroatoms. The summed E-state index contributed by atoms with van der Waals surface area (Å²) in [5.41, 5.74) is -1.79. The van der Waals surface area contributed by atoms with Crippen LogP contribution in [0.3, 0.4) is 0 Å². The summed E-state index contributed by atoms with van der Waals surface area (Å²) in [5, 5.41) is 0. The van der Waals surface area contributed by atoms with Gasteiger partial charge in [-0.1, -0.05) is 47.6 Å². The summed E-state index contributed by atoms with van der Waals surface area (Å²) in [6.45, 7) is 9.59. The van der Waals surface area contributed by atoms with E-state index in [9.17, 15) is 14.4 Å². The molecule has 0 saturated carbocycles. The normalized spacial score (nSPS) is 26.9. The van der Waals surface area contributed by atoms with E-state index < -0.39 is 31.2 Å². The maximum absolute atomic E-state index is 13.2. The smallest absolute Gasteiger partial charge is 0.339 e. The van der Waals surface area contributed by atoms with Crippen molar-refractivity contribution in [2.24, 2.45) is 5.92 Å². The minimum atomic E-state index is -1.28. The molecule has 1 aliphatic heterocycles. The van der Waals surface area contributed by atoms with E-state index in [4.69, 9.17) is 9.47 Å². The maximum atomic E-state index is 13.2. The molecule has 3 rings (SSSR count). The number of hydrogen-bond donors (Lipinski definition) is 0. The Morgan fingerprint density at radius 3 is 2.57 bits per heavy atom. The van der Waals surface area contributed by atoms with Crippen molar-refractivity contribution in [1.82, 2.24) is 8.90 Å². The molecule has 30 heavy (non-hydrogen) atoms. The number of benzene rings is 1. The summed E-state index contributed by atoms with van der Waals surface area (Å²) in [7, 11) is 1.42. The zero-order valence-electron chi connectivity index (χ0n) is 17.2. The summed E-state index contributed by atoms with van der Waals surface area (Å²) < 4.78 is 14.7. The Labute approximate surface area is 178 Å². The van der Waals surface area contributed by atoms with Crippen molar-refractivity contribution in [3.8, 4) is 0 Å². The van der Waals surface area contributed by atoms with Gasteiger partial charge in [0.25, 0.3) is 5.56 Å². The minimum absolute atomic E-state index is 0.260. The summed E-state index contributed by atoms with van der Waals surface area (Å²) in [4.78, 5) is 38.3. The third kappa shape index (κ3) is 3.82. The highest BCUT2D eigenvalue weighted by atomic mass is 32.0. The van der Waals surface area contributed by atoms with Gasteiger partial charge in [0, 0.05) is 25.9 Å². The van der Waals surface area contributed by atoms with Crippen molar-refractivity contribution in [3.63, 3.8) is 0 Å². The summed E-state index contributed by atoms with van der Waals surface area (Å²) in [5.74, 6) is -0.790. The van der Waals surface area contributed by atoms with Crippen LogP contribution in [0.5, 0.6) is 0 Å². The summed E-state index contributed by atoms with van der Waals surface area (Å²) in [6, 6.07) is 9.96. The summed E-state index contributed by atoms with van der Waals surface area (Å²) >= 11 is 0. The second kappa shape index (κ2) is 8.97. The molecule has 0 N–H and O–H groups in total. The highest BCUT2D eigenvalue weighted by Gasteiger charge is 2.56. The molecule has 1 saturated heterocycles. The highest BCUT2D eigenvalue weighted by molar-refractivity contribution is 8.12. The second-order valence-electron chi connectivity index (χ2n) is 7.27. The van der Waals surface area contributed by atoms with Crippen LogP contribution >= 0.6 is 16.7 Å². The maximum Gasteiger partial charge on any atom is 0.339 e. The van der Waals surface area contributed by atoms with Gasteiger partial charge in [-0.2, -0.15) is 0 Å². The van der Waals surface area contributed by atoms with Crippen molar-refractivity contribution < 1.29 is 14.3 Å². The minimum Gasteiger partial charge on any atom is -0.446 e. The number of ether oxygens (including phenoxy) is 2. The Morgan fingerprint density at radius 2 is 2.00 bits per heavy atom. The highest BCUT2D eigenvalue weighted by Crippen LogP contribution is 2.47. The van der Waals surface area contributed by atoms with Crippen LogP contribution in [-0.4, -0.2) is 33.2 Å². The first kappa shape index (κ1) is 22.6. The van der Waals surface area contributed by atoms with Crippen molar-refractivity contribution in [3.05, 3.63) is 81.7 Å². The molecular formula is C21H26N2O5P2. The SMILES string of the molecule is C=C[C@@]1(OC(=O)c2ccccc2)[C@H](C)[C@@H](CC)O[C@H]1n1ccc(=O)n(P(C)P)c1=O. The molecule has 0 bridgehead atoms. The monoisotopic (exact) mass is 448 g/mol. The Balaban J connectivity index is 2.13. The quantitative estimate of drug-likeness (QED) is 0.385. The largest absolute Gasteiger partial charge is 0.446 e. The lowest BCUT2D eigenvalue weighted by molar-refractivity contribution is -0.0837. The molecule has 1 aromatic carbocycles. The van der Waals surface area contributed by atoms with Crippen LogP contribution in [0.1, 0.15) is 36.9 Å². The molecule has 0 radical (unpaired) electrons. The molecule has 2 heterocycles. The number of hydrogen-bond acceptors (Lipinski definition) is 5. The predicted octanol–water partition coefficient (Wildman–Crippen LogP) is 3.40. The third-order valence-electron chi connectivity index (χ3n) is 5.52. The van der Waals surface area contributed by atoms with Crippen LogP contribution in [0.25, 0.3) is 0 Å². The molecule has 7 nitrogen and oxygen atoms in total.